The molecule has 0 atom stereocenters. The highest BCUT2D eigenvalue weighted by molar-refractivity contribution is 5.82. The van der Waals surface area contributed by atoms with E-state index < -0.39 is 0 Å². The largest absolute Gasteiger partial charge is 0.248 e. The van der Waals surface area contributed by atoms with Crippen LogP contribution in [-0.2, 0) is 0 Å². The summed E-state index contributed by atoms with van der Waals surface area (Å²) in [6, 6.07) is 48.9. The zero-order valence-electron chi connectivity index (χ0n) is 23.3. The van der Waals surface area contributed by atoms with Crippen molar-refractivity contribution in [3.63, 3.8) is 0 Å². The highest BCUT2D eigenvalue weighted by Gasteiger charge is 2.12. The van der Waals surface area contributed by atoms with Gasteiger partial charge in [-0.3, -0.25) is 0 Å². The summed E-state index contributed by atoms with van der Waals surface area (Å²) in [5.41, 5.74) is 13.1. The number of benzene rings is 4. The second-order valence-corrected chi connectivity index (χ2v) is 10.6. The van der Waals surface area contributed by atoms with Crippen molar-refractivity contribution in [1.82, 2.24) is 9.97 Å². The van der Waals surface area contributed by atoms with Crippen LogP contribution in [0.3, 0.4) is 0 Å². The van der Waals surface area contributed by atoms with Crippen molar-refractivity contribution in [2.24, 2.45) is 0 Å². The number of rotatable bonds is 6. The molecular formula is C40H30N2. The molecule has 0 aliphatic heterocycles. The maximum absolute atomic E-state index is 5.07. The maximum atomic E-state index is 5.07. The van der Waals surface area contributed by atoms with Crippen LogP contribution in [-0.4, -0.2) is 9.97 Å². The molecule has 0 fully saturated rings. The van der Waals surface area contributed by atoms with Gasteiger partial charge in [0.25, 0.3) is 0 Å². The lowest BCUT2D eigenvalue weighted by atomic mass is 9.95. The van der Waals surface area contributed by atoms with Crippen LogP contribution in [0, 0.1) is 0 Å². The Morgan fingerprint density at radius 2 is 0.762 bits per heavy atom. The van der Waals surface area contributed by atoms with Crippen molar-refractivity contribution in [2.75, 3.05) is 0 Å². The number of pyridine rings is 2. The minimum absolute atomic E-state index is 0.969. The van der Waals surface area contributed by atoms with Crippen molar-refractivity contribution in [2.45, 2.75) is 12.8 Å². The third-order valence-corrected chi connectivity index (χ3v) is 7.70. The van der Waals surface area contributed by atoms with E-state index in [4.69, 9.17) is 9.97 Å². The second-order valence-electron chi connectivity index (χ2n) is 10.6. The van der Waals surface area contributed by atoms with Crippen molar-refractivity contribution in [1.29, 1.82) is 0 Å². The Morgan fingerprint density at radius 3 is 1.17 bits per heavy atom. The number of allylic oxidation sites excluding steroid dienone is 4. The van der Waals surface area contributed by atoms with Gasteiger partial charge in [0.15, 0.2) is 0 Å². The van der Waals surface area contributed by atoms with Gasteiger partial charge in [-0.2, -0.15) is 0 Å². The Balaban J connectivity index is 1.30. The van der Waals surface area contributed by atoms with Crippen molar-refractivity contribution >= 4 is 5.57 Å². The highest BCUT2D eigenvalue weighted by atomic mass is 14.7. The fraction of sp³-hybridized carbons (Fsp3) is 0.0500. The van der Waals surface area contributed by atoms with Crippen molar-refractivity contribution in [3.8, 4) is 56.0 Å². The fourth-order valence-corrected chi connectivity index (χ4v) is 5.47. The standard InChI is InChI=1S/C40H30N2/c1-5-13-31(14-6-1)37-25-35(26-38(41-37)32-15-7-2-8-16-32)29-21-23-30(24-22-29)36-27-39(33-17-9-3-10-18-33)42-40(28-36)34-19-11-4-12-20-34/h1-3,5-11,13-28H,4,12H2. The Kier molecular flexibility index (Phi) is 7.10. The third-order valence-electron chi connectivity index (χ3n) is 7.70. The molecule has 0 bridgehead atoms. The predicted molar refractivity (Wildman–Crippen MR) is 176 cm³/mol. The molecule has 200 valence electrons. The predicted octanol–water partition coefficient (Wildman–Crippen LogP) is 10.5. The summed E-state index contributed by atoms with van der Waals surface area (Å²) in [6.07, 6.45) is 8.87. The zero-order chi connectivity index (χ0) is 28.1. The Labute approximate surface area is 247 Å². The molecule has 1 aliphatic carbocycles. The summed E-state index contributed by atoms with van der Waals surface area (Å²) in [5.74, 6) is 0. The first-order chi connectivity index (χ1) is 20.8. The van der Waals surface area contributed by atoms with Crippen molar-refractivity contribution < 1.29 is 0 Å². The minimum Gasteiger partial charge on any atom is -0.248 e. The average molecular weight is 539 g/mol. The van der Waals surface area contributed by atoms with E-state index >= 15 is 0 Å². The van der Waals surface area contributed by atoms with Gasteiger partial charge in [0.1, 0.15) is 0 Å². The van der Waals surface area contributed by atoms with Gasteiger partial charge >= 0.3 is 0 Å². The second kappa shape index (κ2) is 11.6. The van der Waals surface area contributed by atoms with E-state index in [1.54, 1.807) is 0 Å². The van der Waals surface area contributed by atoms with Crippen LogP contribution in [0.4, 0.5) is 0 Å². The lowest BCUT2D eigenvalue weighted by Crippen LogP contribution is -1.95. The van der Waals surface area contributed by atoms with Crippen molar-refractivity contribution in [3.05, 3.63) is 163 Å². The number of hydrogen-bond acceptors (Lipinski definition) is 2. The summed E-state index contributed by atoms with van der Waals surface area (Å²) in [7, 11) is 0. The summed E-state index contributed by atoms with van der Waals surface area (Å²) < 4.78 is 0. The molecule has 0 saturated carbocycles. The van der Waals surface area contributed by atoms with Crippen LogP contribution in [0.2, 0.25) is 0 Å². The van der Waals surface area contributed by atoms with Gasteiger partial charge in [0.2, 0.25) is 0 Å². The van der Waals surface area contributed by atoms with Crippen LogP contribution in [0.5, 0.6) is 0 Å². The summed E-state index contributed by atoms with van der Waals surface area (Å²) in [5, 5.41) is 0. The van der Waals surface area contributed by atoms with Crippen LogP contribution >= 0.6 is 0 Å². The molecule has 2 aromatic heterocycles. The van der Waals surface area contributed by atoms with E-state index in [0.717, 1.165) is 69.0 Å². The van der Waals surface area contributed by atoms with E-state index in [-0.39, 0.29) is 0 Å². The molecule has 0 unspecified atom stereocenters. The molecule has 0 radical (unpaired) electrons. The molecule has 0 saturated heterocycles. The molecule has 2 nitrogen and oxygen atoms in total. The van der Waals surface area contributed by atoms with E-state index in [0.29, 0.717) is 0 Å². The van der Waals surface area contributed by atoms with Gasteiger partial charge in [0, 0.05) is 16.7 Å². The number of aromatic nitrogens is 2. The molecule has 0 amide bonds. The fourth-order valence-electron chi connectivity index (χ4n) is 5.47. The van der Waals surface area contributed by atoms with E-state index in [9.17, 15) is 0 Å². The van der Waals surface area contributed by atoms with Gasteiger partial charge in [0.05, 0.1) is 22.8 Å². The first-order valence-electron chi connectivity index (χ1n) is 14.5. The molecule has 2 heteroatoms. The minimum atomic E-state index is 0.969. The SMILES string of the molecule is C1=CC(c2cc(-c3ccc(-c4cc(-c5ccccc5)nc(-c5ccccc5)c4)cc3)cc(-c3ccccc3)n2)=CCC1. The average Bonchev–Trinajstić information content (AvgIpc) is 3.09. The molecular weight excluding hydrogens is 508 g/mol. The van der Waals surface area contributed by atoms with Crippen LogP contribution in [0.15, 0.2) is 158 Å². The normalized spacial score (nSPS) is 12.6. The van der Waals surface area contributed by atoms with Crippen LogP contribution < -0.4 is 0 Å². The molecule has 4 aromatic carbocycles. The highest BCUT2D eigenvalue weighted by Crippen LogP contribution is 2.34. The van der Waals surface area contributed by atoms with E-state index in [2.05, 4.69) is 140 Å². The monoisotopic (exact) mass is 538 g/mol. The molecule has 42 heavy (non-hydrogen) atoms. The van der Waals surface area contributed by atoms with E-state index in [1.807, 2.05) is 18.2 Å². The van der Waals surface area contributed by atoms with Gasteiger partial charge in [-0.05, 0) is 64.9 Å². The maximum Gasteiger partial charge on any atom is 0.0715 e. The molecule has 1 aliphatic rings. The summed E-state index contributed by atoms with van der Waals surface area (Å²) in [6.45, 7) is 0. The van der Waals surface area contributed by atoms with Gasteiger partial charge < -0.3 is 0 Å². The number of nitrogens with zero attached hydrogens (tertiary/aromatic N) is 2. The zero-order valence-corrected chi connectivity index (χ0v) is 23.3. The molecule has 0 N–H and O–H groups in total. The first-order valence-corrected chi connectivity index (χ1v) is 14.5. The summed E-state index contributed by atoms with van der Waals surface area (Å²) in [4.78, 5) is 10.1. The molecule has 6 aromatic rings. The quantitative estimate of drug-likeness (QED) is 0.211. The first kappa shape index (κ1) is 25.6. The lowest BCUT2D eigenvalue weighted by molar-refractivity contribution is 1.04. The molecule has 0 spiro atoms. The van der Waals surface area contributed by atoms with Gasteiger partial charge in [-0.15, -0.1) is 0 Å². The Morgan fingerprint density at radius 1 is 0.357 bits per heavy atom. The molecule has 2 heterocycles. The van der Waals surface area contributed by atoms with Crippen LogP contribution in [0.1, 0.15) is 18.5 Å². The Bertz CT molecular complexity index is 1830. The summed E-state index contributed by atoms with van der Waals surface area (Å²) >= 11 is 0. The topological polar surface area (TPSA) is 25.8 Å². The van der Waals surface area contributed by atoms with Gasteiger partial charge in [-0.25, -0.2) is 9.97 Å². The Hall–Kier alpha value is -5.34. The lowest BCUT2D eigenvalue weighted by Gasteiger charge is -2.13. The smallest absolute Gasteiger partial charge is 0.0715 e. The third kappa shape index (κ3) is 5.48. The van der Waals surface area contributed by atoms with Gasteiger partial charge in [-0.1, -0.05) is 133 Å². The number of hydrogen-bond donors (Lipinski definition) is 0. The molecule has 7 rings (SSSR count). The van der Waals surface area contributed by atoms with E-state index in [1.165, 1.54) is 11.1 Å². The van der Waals surface area contributed by atoms with Crippen LogP contribution in [0.25, 0.3) is 61.6 Å².